The fourth-order valence-corrected chi connectivity index (χ4v) is 2.93. The molecule has 0 aliphatic carbocycles. The van der Waals surface area contributed by atoms with E-state index < -0.39 is 0 Å². The molecule has 2 N–H and O–H groups in total. The number of aromatic nitrogens is 1. The molecule has 5 heteroatoms. The molecule has 0 bridgehead atoms. The van der Waals surface area contributed by atoms with Crippen molar-refractivity contribution in [3.05, 3.63) is 45.5 Å². The van der Waals surface area contributed by atoms with Crippen LogP contribution in [0.15, 0.2) is 34.9 Å². The Morgan fingerprint density at radius 1 is 1.32 bits per heavy atom. The summed E-state index contributed by atoms with van der Waals surface area (Å²) in [6, 6.07) is 8.17. The van der Waals surface area contributed by atoms with Gasteiger partial charge in [-0.25, -0.2) is 4.98 Å². The van der Waals surface area contributed by atoms with Gasteiger partial charge in [0.15, 0.2) is 0 Å². The van der Waals surface area contributed by atoms with Crippen molar-refractivity contribution < 1.29 is 0 Å². The van der Waals surface area contributed by atoms with E-state index in [2.05, 4.69) is 49.7 Å². The van der Waals surface area contributed by atoms with Crippen LogP contribution >= 0.6 is 27.5 Å². The molecular formula is C14H13BrClN3. The zero-order valence-electron chi connectivity index (χ0n) is 10.2. The van der Waals surface area contributed by atoms with Crippen LogP contribution in [0.25, 0.3) is 0 Å². The van der Waals surface area contributed by atoms with Gasteiger partial charge in [-0.15, -0.1) is 0 Å². The highest BCUT2D eigenvalue weighted by molar-refractivity contribution is 9.10. The topological polar surface area (TPSA) is 37.0 Å². The maximum atomic E-state index is 5.89. The number of fused-ring (bicyclic) bond motifs is 1. The highest BCUT2D eigenvalue weighted by Crippen LogP contribution is 2.29. The third-order valence-electron chi connectivity index (χ3n) is 3.11. The van der Waals surface area contributed by atoms with Crippen molar-refractivity contribution in [1.82, 2.24) is 4.98 Å². The van der Waals surface area contributed by atoms with Gasteiger partial charge in [0, 0.05) is 24.1 Å². The number of nitrogens with one attached hydrogen (secondary N) is 2. The second-order valence-corrected chi connectivity index (χ2v) is 5.80. The van der Waals surface area contributed by atoms with Crippen molar-refractivity contribution >= 4 is 44.7 Å². The standard InChI is InChI=1S/C14H13BrClN3/c15-12-7-10(16)8-18-14(12)19-11-3-4-13-9(6-11)2-1-5-17-13/h3-4,6-8,17H,1-2,5H2,(H,18,19). The molecule has 0 unspecified atom stereocenters. The monoisotopic (exact) mass is 337 g/mol. The van der Waals surface area contributed by atoms with E-state index in [1.807, 2.05) is 6.07 Å². The van der Waals surface area contributed by atoms with Crippen LogP contribution in [0, 0.1) is 0 Å². The molecule has 2 aromatic rings. The number of aryl methyl sites for hydroxylation is 1. The van der Waals surface area contributed by atoms with Crippen LogP contribution in [0.4, 0.5) is 17.2 Å². The summed E-state index contributed by atoms with van der Waals surface area (Å²) in [5.74, 6) is 0.771. The number of benzene rings is 1. The first-order valence-corrected chi connectivity index (χ1v) is 7.34. The van der Waals surface area contributed by atoms with E-state index in [0.717, 1.165) is 28.9 Å². The zero-order valence-corrected chi connectivity index (χ0v) is 12.6. The fourth-order valence-electron chi connectivity index (χ4n) is 2.20. The molecule has 0 saturated carbocycles. The Labute approximate surface area is 125 Å². The van der Waals surface area contributed by atoms with Gasteiger partial charge in [-0.05, 0) is 58.6 Å². The Bertz CT molecular complexity index is 616. The van der Waals surface area contributed by atoms with E-state index in [1.165, 1.54) is 17.7 Å². The molecule has 3 rings (SSSR count). The Morgan fingerprint density at radius 2 is 2.21 bits per heavy atom. The van der Waals surface area contributed by atoms with Crippen LogP contribution in [-0.2, 0) is 6.42 Å². The zero-order chi connectivity index (χ0) is 13.2. The predicted octanol–water partition coefficient (Wildman–Crippen LogP) is 4.60. The molecule has 0 amide bonds. The average Bonchev–Trinajstić information content (AvgIpc) is 2.42. The summed E-state index contributed by atoms with van der Waals surface area (Å²) in [4.78, 5) is 4.28. The molecule has 3 nitrogen and oxygen atoms in total. The SMILES string of the molecule is Clc1cnc(Nc2ccc3c(c2)CCCN3)c(Br)c1. The van der Waals surface area contributed by atoms with E-state index in [1.54, 1.807) is 6.20 Å². The van der Waals surface area contributed by atoms with Crippen molar-refractivity contribution in [2.45, 2.75) is 12.8 Å². The van der Waals surface area contributed by atoms with E-state index in [-0.39, 0.29) is 0 Å². The van der Waals surface area contributed by atoms with Crippen molar-refractivity contribution in [3.63, 3.8) is 0 Å². The molecule has 19 heavy (non-hydrogen) atoms. The molecule has 98 valence electrons. The van der Waals surface area contributed by atoms with Gasteiger partial charge in [0.25, 0.3) is 0 Å². The van der Waals surface area contributed by atoms with Gasteiger partial charge in [0.05, 0.1) is 9.50 Å². The largest absolute Gasteiger partial charge is 0.385 e. The summed E-state index contributed by atoms with van der Waals surface area (Å²) < 4.78 is 0.857. The molecule has 2 heterocycles. The lowest BCUT2D eigenvalue weighted by molar-refractivity contribution is 0.830. The summed E-state index contributed by atoms with van der Waals surface area (Å²) in [7, 11) is 0. The van der Waals surface area contributed by atoms with Crippen molar-refractivity contribution in [2.24, 2.45) is 0 Å². The second-order valence-electron chi connectivity index (χ2n) is 4.51. The number of halogens is 2. The molecular weight excluding hydrogens is 326 g/mol. The molecule has 0 radical (unpaired) electrons. The lowest BCUT2D eigenvalue weighted by Gasteiger charge is -2.19. The van der Waals surface area contributed by atoms with Crippen LogP contribution in [0.3, 0.4) is 0 Å². The third kappa shape index (κ3) is 2.85. The fraction of sp³-hybridized carbons (Fsp3) is 0.214. The van der Waals surface area contributed by atoms with Crippen LogP contribution in [-0.4, -0.2) is 11.5 Å². The van der Waals surface area contributed by atoms with Gasteiger partial charge in [0.1, 0.15) is 5.82 Å². The van der Waals surface area contributed by atoms with Gasteiger partial charge < -0.3 is 10.6 Å². The summed E-state index contributed by atoms with van der Waals surface area (Å²) >= 11 is 9.34. The number of anilines is 3. The third-order valence-corrected chi connectivity index (χ3v) is 3.93. The Morgan fingerprint density at radius 3 is 3.05 bits per heavy atom. The van der Waals surface area contributed by atoms with E-state index in [0.29, 0.717) is 5.02 Å². The first kappa shape index (κ1) is 12.8. The lowest BCUT2D eigenvalue weighted by atomic mass is 10.0. The van der Waals surface area contributed by atoms with Crippen molar-refractivity contribution in [1.29, 1.82) is 0 Å². The second kappa shape index (κ2) is 5.39. The molecule has 1 aliphatic heterocycles. The minimum absolute atomic E-state index is 0.618. The molecule has 0 atom stereocenters. The average molecular weight is 339 g/mol. The number of hydrogen-bond donors (Lipinski definition) is 2. The summed E-state index contributed by atoms with van der Waals surface area (Å²) in [6.07, 6.45) is 3.93. The van der Waals surface area contributed by atoms with E-state index in [9.17, 15) is 0 Å². The lowest BCUT2D eigenvalue weighted by Crippen LogP contribution is -2.11. The van der Waals surface area contributed by atoms with Crippen LogP contribution in [0.1, 0.15) is 12.0 Å². The minimum atomic E-state index is 0.618. The Balaban J connectivity index is 1.87. The minimum Gasteiger partial charge on any atom is -0.385 e. The number of nitrogens with zero attached hydrogens (tertiary/aromatic N) is 1. The Hall–Kier alpha value is -1.26. The van der Waals surface area contributed by atoms with Gasteiger partial charge in [-0.2, -0.15) is 0 Å². The maximum Gasteiger partial charge on any atom is 0.144 e. The van der Waals surface area contributed by atoms with Crippen LogP contribution in [0.2, 0.25) is 5.02 Å². The highest BCUT2D eigenvalue weighted by atomic mass is 79.9. The van der Waals surface area contributed by atoms with Gasteiger partial charge >= 0.3 is 0 Å². The number of rotatable bonds is 2. The van der Waals surface area contributed by atoms with Crippen LogP contribution < -0.4 is 10.6 Å². The van der Waals surface area contributed by atoms with E-state index >= 15 is 0 Å². The predicted molar refractivity (Wildman–Crippen MR) is 83.5 cm³/mol. The van der Waals surface area contributed by atoms with Gasteiger partial charge in [0.2, 0.25) is 0 Å². The highest BCUT2D eigenvalue weighted by Gasteiger charge is 2.09. The Kier molecular flexibility index (Phi) is 3.62. The number of hydrogen-bond acceptors (Lipinski definition) is 3. The molecule has 0 spiro atoms. The summed E-state index contributed by atoms with van der Waals surface area (Å²) in [5.41, 5.74) is 3.62. The first-order valence-electron chi connectivity index (χ1n) is 6.17. The maximum absolute atomic E-state index is 5.89. The summed E-state index contributed by atoms with van der Waals surface area (Å²) in [5, 5.41) is 7.33. The van der Waals surface area contributed by atoms with Gasteiger partial charge in [-0.3, -0.25) is 0 Å². The molecule has 1 aromatic carbocycles. The normalized spacial score (nSPS) is 13.6. The molecule has 1 aliphatic rings. The number of pyridine rings is 1. The molecule has 0 saturated heterocycles. The quantitative estimate of drug-likeness (QED) is 0.840. The van der Waals surface area contributed by atoms with Crippen molar-refractivity contribution in [3.8, 4) is 0 Å². The first-order chi connectivity index (χ1) is 9.22. The van der Waals surface area contributed by atoms with Gasteiger partial charge in [-0.1, -0.05) is 11.6 Å². The summed E-state index contributed by atoms with van der Waals surface area (Å²) in [6.45, 7) is 1.06. The molecule has 0 fully saturated rings. The van der Waals surface area contributed by atoms with Crippen LogP contribution in [0.5, 0.6) is 0 Å². The van der Waals surface area contributed by atoms with Crippen molar-refractivity contribution in [2.75, 3.05) is 17.2 Å². The molecule has 1 aromatic heterocycles. The van der Waals surface area contributed by atoms with E-state index in [4.69, 9.17) is 11.6 Å². The smallest absolute Gasteiger partial charge is 0.144 e.